The van der Waals surface area contributed by atoms with Gasteiger partial charge in [0.2, 0.25) is 11.8 Å². The Morgan fingerprint density at radius 1 is 1.07 bits per heavy atom. The molecule has 2 N–H and O–H groups in total. The van der Waals surface area contributed by atoms with Gasteiger partial charge in [0.1, 0.15) is 6.26 Å². The molecule has 0 saturated carbocycles. The minimum absolute atomic E-state index is 0.0610. The average Bonchev–Trinajstić information content (AvgIpc) is 3.26. The van der Waals surface area contributed by atoms with Crippen LogP contribution < -0.4 is 10.6 Å². The second-order valence-electron chi connectivity index (χ2n) is 7.34. The van der Waals surface area contributed by atoms with E-state index in [2.05, 4.69) is 0 Å². The third kappa shape index (κ3) is 3.28. The van der Waals surface area contributed by atoms with Crippen molar-refractivity contribution < 1.29 is 18.8 Å². The quantitative estimate of drug-likeness (QED) is 0.881. The first kappa shape index (κ1) is 18.3. The lowest BCUT2D eigenvalue weighted by molar-refractivity contribution is -0.123. The van der Waals surface area contributed by atoms with E-state index < -0.39 is 5.91 Å². The molecule has 0 unspecified atom stereocenters. The maximum Gasteiger partial charge on any atom is 0.257 e. The van der Waals surface area contributed by atoms with Crippen LogP contribution in [0, 0.1) is 5.92 Å². The van der Waals surface area contributed by atoms with Gasteiger partial charge in [0.05, 0.1) is 11.8 Å². The highest BCUT2D eigenvalue weighted by Crippen LogP contribution is 2.32. The number of rotatable bonds is 3. The molecule has 2 aliphatic rings. The average molecular weight is 381 g/mol. The summed E-state index contributed by atoms with van der Waals surface area (Å²) < 4.78 is 4.98. The topological polar surface area (TPSA) is 96.9 Å². The van der Waals surface area contributed by atoms with E-state index in [1.54, 1.807) is 28.0 Å². The number of amides is 3. The summed E-state index contributed by atoms with van der Waals surface area (Å²) in [5, 5.41) is 0. The number of piperidine rings is 1. The largest absolute Gasteiger partial charge is 0.472 e. The Bertz CT molecular complexity index is 898. The maximum atomic E-state index is 13.2. The van der Waals surface area contributed by atoms with Crippen LogP contribution in [0.5, 0.6) is 0 Å². The first-order chi connectivity index (χ1) is 13.6. The molecule has 1 fully saturated rings. The molecule has 2 aromatic rings. The first-order valence-electron chi connectivity index (χ1n) is 9.61. The number of furan rings is 1. The van der Waals surface area contributed by atoms with Gasteiger partial charge in [-0.3, -0.25) is 14.4 Å². The third-order valence-electron chi connectivity index (χ3n) is 5.68. The predicted molar refractivity (Wildman–Crippen MR) is 103 cm³/mol. The van der Waals surface area contributed by atoms with Gasteiger partial charge in [-0.25, -0.2) is 0 Å². The number of hydrogen-bond donors (Lipinski definition) is 1. The van der Waals surface area contributed by atoms with Gasteiger partial charge in [0, 0.05) is 36.8 Å². The van der Waals surface area contributed by atoms with Crippen LogP contribution in [-0.4, -0.2) is 42.3 Å². The van der Waals surface area contributed by atoms with E-state index in [-0.39, 0.29) is 17.7 Å². The summed E-state index contributed by atoms with van der Waals surface area (Å²) in [4.78, 5) is 40.9. The van der Waals surface area contributed by atoms with Crippen molar-refractivity contribution in [3.63, 3.8) is 0 Å². The Hall–Kier alpha value is -3.09. The summed E-state index contributed by atoms with van der Waals surface area (Å²) in [6.45, 7) is 1.73. The van der Waals surface area contributed by atoms with Crippen LogP contribution in [0.4, 0.5) is 5.69 Å². The van der Waals surface area contributed by atoms with Crippen LogP contribution in [0.25, 0.3) is 0 Å². The lowest BCUT2D eigenvalue weighted by Crippen LogP contribution is -2.46. The highest BCUT2D eigenvalue weighted by molar-refractivity contribution is 6.01. The van der Waals surface area contributed by atoms with Crippen molar-refractivity contribution in [2.45, 2.75) is 25.7 Å². The summed E-state index contributed by atoms with van der Waals surface area (Å²) >= 11 is 0. The van der Waals surface area contributed by atoms with Crippen molar-refractivity contribution in [2.24, 2.45) is 11.7 Å². The fourth-order valence-corrected chi connectivity index (χ4v) is 4.20. The Labute approximate surface area is 163 Å². The minimum atomic E-state index is -0.461. The number of fused-ring (bicyclic) bond motifs is 1. The molecule has 28 heavy (non-hydrogen) atoms. The Morgan fingerprint density at radius 2 is 1.86 bits per heavy atom. The van der Waals surface area contributed by atoms with Gasteiger partial charge in [-0.05, 0) is 49.4 Å². The van der Waals surface area contributed by atoms with E-state index >= 15 is 0 Å². The zero-order valence-corrected chi connectivity index (χ0v) is 15.6. The second kappa shape index (κ2) is 7.50. The van der Waals surface area contributed by atoms with E-state index in [9.17, 15) is 14.4 Å². The third-order valence-corrected chi connectivity index (χ3v) is 5.68. The molecule has 7 nitrogen and oxygen atoms in total. The van der Waals surface area contributed by atoms with Crippen LogP contribution in [0.2, 0.25) is 0 Å². The molecule has 0 radical (unpaired) electrons. The zero-order chi connectivity index (χ0) is 19.7. The van der Waals surface area contributed by atoms with E-state index in [0.717, 1.165) is 24.1 Å². The molecule has 4 rings (SSSR count). The molecule has 0 bridgehead atoms. The number of nitrogens with two attached hydrogens (primary N) is 1. The smallest absolute Gasteiger partial charge is 0.257 e. The van der Waals surface area contributed by atoms with Crippen molar-refractivity contribution in [3.05, 3.63) is 53.5 Å². The van der Waals surface area contributed by atoms with Gasteiger partial charge in [-0.1, -0.05) is 6.07 Å². The molecular formula is C21H23N3O4. The summed E-state index contributed by atoms with van der Waals surface area (Å²) in [6.07, 6.45) is 5.74. The molecule has 0 aliphatic carbocycles. The minimum Gasteiger partial charge on any atom is -0.472 e. The van der Waals surface area contributed by atoms with E-state index in [4.69, 9.17) is 10.2 Å². The summed E-state index contributed by atoms with van der Waals surface area (Å²) in [5.74, 6) is -0.583. The molecule has 3 amide bonds. The normalized spacial score (nSPS) is 17.3. The van der Waals surface area contributed by atoms with Gasteiger partial charge in [-0.2, -0.15) is 0 Å². The number of carbonyl (C=O) groups excluding carboxylic acids is 3. The Kier molecular flexibility index (Phi) is 4.90. The first-order valence-corrected chi connectivity index (χ1v) is 9.61. The lowest BCUT2D eigenvalue weighted by Gasteiger charge is -2.36. The fraction of sp³-hybridized carbons (Fsp3) is 0.381. The van der Waals surface area contributed by atoms with Crippen molar-refractivity contribution in [3.8, 4) is 0 Å². The highest BCUT2D eigenvalue weighted by Gasteiger charge is 2.33. The van der Waals surface area contributed by atoms with Gasteiger partial charge < -0.3 is 20.0 Å². The molecule has 3 heterocycles. The molecule has 146 valence electrons. The van der Waals surface area contributed by atoms with Crippen LogP contribution in [0.3, 0.4) is 0 Å². The van der Waals surface area contributed by atoms with Crippen molar-refractivity contribution in [2.75, 3.05) is 24.5 Å². The number of anilines is 1. The lowest BCUT2D eigenvalue weighted by atomic mass is 9.91. The van der Waals surface area contributed by atoms with Gasteiger partial charge in [0.15, 0.2) is 0 Å². The standard InChI is InChI=1S/C21H23N3O4/c22-19(25)17-3-1-5-18-16(17)4-2-9-24(18)21(27)14-6-10-23(11-7-14)20(26)15-8-12-28-13-15/h1,3,5,8,12-14H,2,4,6-7,9-11H2,(H2,22,25). The van der Waals surface area contributed by atoms with Crippen molar-refractivity contribution >= 4 is 23.4 Å². The van der Waals surface area contributed by atoms with Crippen molar-refractivity contribution in [1.29, 1.82) is 0 Å². The monoisotopic (exact) mass is 381 g/mol. The zero-order valence-electron chi connectivity index (χ0n) is 15.6. The number of primary amides is 1. The predicted octanol–water partition coefficient (Wildman–Crippen LogP) is 2.21. The molecule has 0 spiro atoms. The van der Waals surface area contributed by atoms with E-state index in [1.165, 1.54) is 12.5 Å². The number of nitrogens with zero attached hydrogens (tertiary/aromatic N) is 2. The molecule has 1 aromatic heterocycles. The van der Waals surface area contributed by atoms with Gasteiger partial charge >= 0.3 is 0 Å². The Balaban J connectivity index is 1.46. The summed E-state index contributed by atoms with van der Waals surface area (Å²) in [7, 11) is 0. The van der Waals surface area contributed by atoms with Gasteiger partial charge in [0.25, 0.3) is 5.91 Å². The number of likely N-dealkylation sites (tertiary alicyclic amines) is 1. The molecule has 0 atom stereocenters. The van der Waals surface area contributed by atoms with Crippen LogP contribution in [0.1, 0.15) is 45.5 Å². The van der Waals surface area contributed by atoms with E-state index in [0.29, 0.717) is 43.6 Å². The molecule has 2 aliphatic heterocycles. The van der Waals surface area contributed by atoms with Crippen LogP contribution >= 0.6 is 0 Å². The van der Waals surface area contributed by atoms with E-state index in [1.807, 2.05) is 6.07 Å². The summed E-state index contributed by atoms with van der Waals surface area (Å²) in [5.41, 5.74) is 8.19. The van der Waals surface area contributed by atoms with Gasteiger partial charge in [-0.15, -0.1) is 0 Å². The number of benzene rings is 1. The number of hydrogen-bond acceptors (Lipinski definition) is 4. The van der Waals surface area contributed by atoms with Crippen LogP contribution in [-0.2, 0) is 11.2 Å². The molecule has 7 heteroatoms. The molecule has 1 saturated heterocycles. The SMILES string of the molecule is NC(=O)c1cccc2c1CCCN2C(=O)C1CCN(C(=O)c2ccoc2)CC1. The van der Waals surface area contributed by atoms with Crippen LogP contribution in [0.15, 0.2) is 41.2 Å². The van der Waals surface area contributed by atoms with Crippen molar-refractivity contribution in [1.82, 2.24) is 4.90 Å². The maximum absolute atomic E-state index is 13.2. The fourth-order valence-electron chi connectivity index (χ4n) is 4.20. The second-order valence-corrected chi connectivity index (χ2v) is 7.34. The molecule has 1 aromatic carbocycles. The molecular weight excluding hydrogens is 358 g/mol. The summed E-state index contributed by atoms with van der Waals surface area (Å²) in [6, 6.07) is 7.03. The Morgan fingerprint density at radius 3 is 2.54 bits per heavy atom. The number of carbonyl (C=O) groups is 3. The highest BCUT2D eigenvalue weighted by atomic mass is 16.3.